The van der Waals surface area contributed by atoms with Crippen LogP contribution in [-0.2, 0) is 12.8 Å². The minimum absolute atomic E-state index is 0.293. The Labute approximate surface area is 182 Å². The molecule has 0 aliphatic rings. The van der Waals surface area contributed by atoms with Crippen LogP contribution in [0.1, 0.15) is 28.6 Å². The van der Waals surface area contributed by atoms with Gasteiger partial charge in [0, 0.05) is 0 Å². The lowest BCUT2D eigenvalue weighted by atomic mass is 10.2. The number of hydrogen-bond acceptors (Lipinski definition) is 9. The smallest absolute Gasteiger partial charge is 0.321 e. The van der Waals surface area contributed by atoms with Crippen molar-refractivity contribution in [2.24, 2.45) is 0 Å². The van der Waals surface area contributed by atoms with Crippen LogP contribution in [0.15, 0.2) is 69.5 Å². The maximum absolute atomic E-state index is 5.86. The van der Waals surface area contributed by atoms with Gasteiger partial charge in [0.05, 0.1) is 18.5 Å². The summed E-state index contributed by atoms with van der Waals surface area (Å²) in [6, 6.07) is 20.3. The zero-order chi connectivity index (χ0) is 21.0. The van der Waals surface area contributed by atoms with E-state index in [9.17, 15) is 0 Å². The minimum Gasteiger partial charge on any atom is -0.419 e. The SMILES string of the molecule is Cc1nc(Nc2nnc(Cc3ccccc3)o2)sc1-c1nnc(Cc2ccccc2)o1. The predicted molar refractivity (Wildman–Crippen MR) is 116 cm³/mol. The number of hydrogen-bond donors (Lipinski definition) is 1. The fourth-order valence-electron chi connectivity index (χ4n) is 3.07. The molecule has 0 radical (unpaired) electrons. The van der Waals surface area contributed by atoms with E-state index in [0.29, 0.717) is 41.7 Å². The molecule has 3 heterocycles. The van der Waals surface area contributed by atoms with E-state index in [1.165, 1.54) is 11.3 Å². The van der Waals surface area contributed by atoms with Crippen LogP contribution in [-0.4, -0.2) is 25.4 Å². The summed E-state index contributed by atoms with van der Waals surface area (Å²) in [6.45, 7) is 1.90. The third kappa shape index (κ3) is 4.51. The summed E-state index contributed by atoms with van der Waals surface area (Å²) in [7, 11) is 0. The first-order valence-electron chi connectivity index (χ1n) is 9.70. The molecule has 3 aromatic heterocycles. The maximum Gasteiger partial charge on any atom is 0.321 e. The lowest BCUT2D eigenvalue weighted by Crippen LogP contribution is -1.89. The van der Waals surface area contributed by atoms with E-state index in [2.05, 4.69) is 30.7 Å². The van der Waals surface area contributed by atoms with Crippen molar-refractivity contribution in [3.63, 3.8) is 0 Å². The van der Waals surface area contributed by atoms with Crippen molar-refractivity contribution >= 4 is 22.5 Å². The van der Waals surface area contributed by atoms with Crippen LogP contribution in [0, 0.1) is 6.92 Å². The third-order valence-electron chi connectivity index (χ3n) is 4.53. The lowest BCUT2D eigenvalue weighted by Gasteiger charge is -1.96. The number of anilines is 2. The Morgan fingerprint density at radius 3 is 2.06 bits per heavy atom. The number of rotatable bonds is 7. The summed E-state index contributed by atoms with van der Waals surface area (Å²) in [5, 5.41) is 20.2. The van der Waals surface area contributed by atoms with Gasteiger partial charge in [-0.2, -0.15) is 0 Å². The molecule has 8 nitrogen and oxygen atoms in total. The van der Waals surface area contributed by atoms with Gasteiger partial charge in [-0.15, -0.1) is 15.3 Å². The molecule has 0 amide bonds. The Bertz CT molecular complexity index is 1280. The second-order valence-corrected chi connectivity index (χ2v) is 7.88. The highest BCUT2D eigenvalue weighted by Gasteiger charge is 2.18. The van der Waals surface area contributed by atoms with Crippen molar-refractivity contribution in [2.45, 2.75) is 19.8 Å². The third-order valence-corrected chi connectivity index (χ3v) is 5.60. The van der Waals surface area contributed by atoms with Gasteiger partial charge in [-0.25, -0.2) is 4.98 Å². The van der Waals surface area contributed by atoms with Crippen LogP contribution in [0.25, 0.3) is 10.8 Å². The number of benzene rings is 2. The zero-order valence-corrected chi connectivity index (χ0v) is 17.5. The summed E-state index contributed by atoms with van der Waals surface area (Å²) in [4.78, 5) is 5.32. The van der Waals surface area contributed by atoms with Gasteiger partial charge in [-0.3, -0.25) is 5.32 Å². The highest BCUT2D eigenvalue weighted by molar-refractivity contribution is 7.19. The molecule has 5 aromatic rings. The molecule has 0 aliphatic carbocycles. The van der Waals surface area contributed by atoms with Gasteiger partial charge >= 0.3 is 6.01 Å². The topological polar surface area (TPSA) is 103 Å². The van der Waals surface area contributed by atoms with Gasteiger partial charge in [0.1, 0.15) is 4.88 Å². The molecule has 0 atom stereocenters. The standard InChI is InChI=1S/C22H18N6O2S/c1-14-19(20-27-25-17(29-20)12-15-8-4-2-5-9-15)31-22(23-14)24-21-28-26-18(30-21)13-16-10-6-3-7-11-16/h2-11H,12-13H2,1H3,(H,23,24,28). The molecule has 31 heavy (non-hydrogen) atoms. The van der Waals surface area contributed by atoms with Gasteiger partial charge < -0.3 is 8.83 Å². The molecule has 9 heteroatoms. The van der Waals surface area contributed by atoms with Crippen LogP contribution >= 0.6 is 11.3 Å². The molecule has 0 fully saturated rings. The fraction of sp³-hybridized carbons (Fsp3) is 0.136. The molecule has 5 rings (SSSR count). The van der Waals surface area contributed by atoms with E-state index in [-0.39, 0.29) is 0 Å². The number of aromatic nitrogens is 5. The summed E-state index contributed by atoms with van der Waals surface area (Å²) in [6.07, 6.45) is 1.16. The van der Waals surface area contributed by atoms with Crippen LogP contribution in [0.4, 0.5) is 11.1 Å². The van der Waals surface area contributed by atoms with E-state index < -0.39 is 0 Å². The van der Waals surface area contributed by atoms with Crippen molar-refractivity contribution in [2.75, 3.05) is 5.32 Å². The van der Waals surface area contributed by atoms with Crippen LogP contribution in [0.3, 0.4) is 0 Å². The average molecular weight is 430 g/mol. The highest BCUT2D eigenvalue weighted by Crippen LogP contribution is 2.33. The van der Waals surface area contributed by atoms with Gasteiger partial charge in [0.25, 0.3) is 5.89 Å². The normalized spacial score (nSPS) is 11.0. The quantitative estimate of drug-likeness (QED) is 0.392. The van der Waals surface area contributed by atoms with Gasteiger partial charge in [-0.1, -0.05) is 77.1 Å². The fourth-order valence-corrected chi connectivity index (χ4v) is 3.95. The highest BCUT2D eigenvalue weighted by atomic mass is 32.1. The summed E-state index contributed by atoms with van der Waals surface area (Å²) in [5.41, 5.74) is 3.00. The predicted octanol–water partition coefficient (Wildman–Crippen LogP) is 4.81. The lowest BCUT2D eigenvalue weighted by molar-refractivity contribution is 0.518. The molecule has 0 aliphatic heterocycles. The number of aryl methyl sites for hydroxylation is 1. The minimum atomic E-state index is 0.293. The van der Waals surface area contributed by atoms with Crippen molar-refractivity contribution in [3.05, 3.63) is 89.3 Å². The van der Waals surface area contributed by atoms with Crippen LogP contribution < -0.4 is 5.32 Å². The first-order valence-corrected chi connectivity index (χ1v) is 10.5. The largest absolute Gasteiger partial charge is 0.419 e. The van der Waals surface area contributed by atoms with Crippen molar-refractivity contribution < 1.29 is 8.83 Å². The summed E-state index contributed by atoms with van der Waals surface area (Å²) >= 11 is 1.39. The molecule has 0 spiro atoms. The number of nitrogens with zero attached hydrogens (tertiary/aromatic N) is 5. The molecule has 0 bridgehead atoms. The van der Waals surface area contributed by atoms with Gasteiger partial charge in [0.15, 0.2) is 5.13 Å². The Morgan fingerprint density at radius 2 is 1.39 bits per heavy atom. The molecule has 154 valence electrons. The zero-order valence-electron chi connectivity index (χ0n) is 16.6. The maximum atomic E-state index is 5.86. The second-order valence-electron chi connectivity index (χ2n) is 6.89. The Kier molecular flexibility index (Phi) is 5.24. The van der Waals surface area contributed by atoms with E-state index in [4.69, 9.17) is 8.83 Å². The monoisotopic (exact) mass is 430 g/mol. The van der Waals surface area contributed by atoms with Crippen LogP contribution in [0.5, 0.6) is 0 Å². The second kappa shape index (κ2) is 8.49. The van der Waals surface area contributed by atoms with Crippen molar-refractivity contribution in [1.29, 1.82) is 0 Å². The molecule has 0 saturated carbocycles. The van der Waals surface area contributed by atoms with Gasteiger partial charge in [0.2, 0.25) is 11.8 Å². The number of thiazole rings is 1. The molecule has 0 saturated heterocycles. The summed E-state index contributed by atoms with van der Waals surface area (Å²) < 4.78 is 11.6. The van der Waals surface area contributed by atoms with E-state index >= 15 is 0 Å². The first kappa shape index (κ1) is 19.1. The Balaban J connectivity index is 1.28. The van der Waals surface area contributed by atoms with Crippen LogP contribution in [0.2, 0.25) is 0 Å². The number of nitrogens with one attached hydrogen (secondary N) is 1. The van der Waals surface area contributed by atoms with E-state index in [0.717, 1.165) is 21.7 Å². The molecular weight excluding hydrogens is 412 g/mol. The average Bonchev–Trinajstić information content (AvgIpc) is 3.51. The van der Waals surface area contributed by atoms with Crippen molar-refractivity contribution in [3.8, 4) is 10.8 Å². The molecule has 0 unspecified atom stereocenters. The van der Waals surface area contributed by atoms with Gasteiger partial charge in [-0.05, 0) is 18.1 Å². The molecule has 1 N–H and O–H groups in total. The van der Waals surface area contributed by atoms with Crippen molar-refractivity contribution in [1.82, 2.24) is 25.4 Å². The van der Waals surface area contributed by atoms with E-state index in [1.54, 1.807) is 0 Å². The van der Waals surface area contributed by atoms with E-state index in [1.807, 2.05) is 67.6 Å². The first-order chi connectivity index (χ1) is 15.2. The summed E-state index contributed by atoms with van der Waals surface area (Å²) in [5.74, 6) is 1.54. The Hall–Kier alpha value is -3.85. The Morgan fingerprint density at radius 1 is 0.774 bits per heavy atom. The molecule has 2 aromatic carbocycles. The molecular formula is C22H18N6O2S.